The van der Waals surface area contributed by atoms with Gasteiger partial charge in [-0.2, -0.15) is 0 Å². The normalized spacial score (nSPS) is 23.8. The van der Waals surface area contributed by atoms with Crippen molar-refractivity contribution in [2.45, 2.75) is 38.5 Å². The summed E-state index contributed by atoms with van der Waals surface area (Å²) in [5.74, 6) is 0.956. The number of piperidine rings is 1. The monoisotopic (exact) mass is 240 g/mol. The summed E-state index contributed by atoms with van der Waals surface area (Å²) >= 11 is 0. The van der Waals surface area contributed by atoms with Crippen LogP contribution in [0.3, 0.4) is 0 Å². The molecule has 2 fully saturated rings. The second-order valence-electron chi connectivity index (χ2n) is 5.90. The Bertz CT molecular complexity index is 210. The Morgan fingerprint density at radius 1 is 1.29 bits per heavy atom. The molecule has 3 nitrogen and oxygen atoms in total. The molecule has 3 heteroatoms. The van der Waals surface area contributed by atoms with Gasteiger partial charge in [-0.1, -0.05) is 0 Å². The molecular formula is C14H28N2O. The highest BCUT2D eigenvalue weighted by Crippen LogP contribution is 2.48. The van der Waals surface area contributed by atoms with Gasteiger partial charge in [-0.3, -0.25) is 0 Å². The van der Waals surface area contributed by atoms with Crippen molar-refractivity contribution in [3.8, 4) is 0 Å². The quantitative estimate of drug-likeness (QED) is 0.635. The van der Waals surface area contributed by atoms with E-state index in [4.69, 9.17) is 4.74 Å². The fraction of sp³-hybridized carbons (Fsp3) is 1.00. The maximum absolute atomic E-state index is 5.18. The Morgan fingerprint density at radius 2 is 2.06 bits per heavy atom. The van der Waals surface area contributed by atoms with E-state index in [9.17, 15) is 0 Å². The first-order valence-electron chi connectivity index (χ1n) is 7.25. The maximum atomic E-state index is 5.18. The molecule has 0 unspecified atom stereocenters. The van der Waals surface area contributed by atoms with E-state index in [-0.39, 0.29) is 0 Å². The fourth-order valence-electron chi connectivity index (χ4n) is 2.84. The molecule has 0 radical (unpaired) electrons. The van der Waals surface area contributed by atoms with Crippen molar-refractivity contribution in [1.29, 1.82) is 0 Å². The van der Waals surface area contributed by atoms with Crippen molar-refractivity contribution >= 4 is 0 Å². The molecule has 0 spiro atoms. The van der Waals surface area contributed by atoms with Crippen LogP contribution in [0.2, 0.25) is 0 Å². The standard InChI is InChI=1S/C14H28N2O/c1-17-11-7-14(5-6-14)12-16-10-4-13-2-8-15-9-3-13/h13,15-16H,2-12H2,1H3. The Hall–Kier alpha value is -0.120. The SMILES string of the molecule is COCCC1(CNCCC2CCNCC2)CC1. The third kappa shape index (κ3) is 4.57. The highest BCUT2D eigenvalue weighted by Gasteiger charge is 2.41. The molecule has 1 saturated carbocycles. The predicted octanol–water partition coefficient (Wildman–Crippen LogP) is 1.78. The van der Waals surface area contributed by atoms with Crippen LogP contribution in [0.4, 0.5) is 0 Å². The fourth-order valence-corrected chi connectivity index (χ4v) is 2.84. The van der Waals surface area contributed by atoms with E-state index in [1.165, 1.54) is 64.7 Å². The molecule has 17 heavy (non-hydrogen) atoms. The number of nitrogens with one attached hydrogen (secondary N) is 2. The van der Waals surface area contributed by atoms with Crippen LogP contribution in [0.1, 0.15) is 38.5 Å². The van der Waals surface area contributed by atoms with Crippen LogP contribution < -0.4 is 10.6 Å². The minimum absolute atomic E-state index is 0.601. The third-order valence-electron chi connectivity index (χ3n) is 4.48. The van der Waals surface area contributed by atoms with E-state index in [0.29, 0.717) is 5.41 Å². The van der Waals surface area contributed by atoms with Crippen LogP contribution in [0.15, 0.2) is 0 Å². The van der Waals surface area contributed by atoms with Gasteiger partial charge < -0.3 is 15.4 Å². The summed E-state index contributed by atoms with van der Waals surface area (Å²) in [6.07, 6.45) is 8.15. The van der Waals surface area contributed by atoms with E-state index in [1.807, 2.05) is 0 Å². The van der Waals surface area contributed by atoms with Gasteiger partial charge in [-0.25, -0.2) is 0 Å². The lowest BCUT2D eigenvalue weighted by molar-refractivity contribution is 0.171. The van der Waals surface area contributed by atoms with Gasteiger partial charge in [0.2, 0.25) is 0 Å². The third-order valence-corrected chi connectivity index (χ3v) is 4.48. The summed E-state index contributed by atoms with van der Waals surface area (Å²) in [7, 11) is 1.81. The average molecular weight is 240 g/mol. The zero-order chi connectivity index (χ0) is 12.0. The zero-order valence-corrected chi connectivity index (χ0v) is 11.3. The summed E-state index contributed by atoms with van der Waals surface area (Å²) in [5.41, 5.74) is 0.601. The molecule has 2 aliphatic rings. The van der Waals surface area contributed by atoms with Crippen LogP contribution in [-0.4, -0.2) is 39.9 Å². The number of ether oxygens (including phenoxy) is 1. The van der Waals surface area contributed by atoms with E-state index in [0.717, 1.165) is 12.5 Å². The Morgan fingerprint density at radius 3 is 2.71 bits per heavy atom. The Kier molecular flexibility index (Phi) is 5.26. The lowest BCUT2D eigenvalue weighted by atomic mass is 9.94. The first-order valence-corrected chi connectivity index (χ1v) is 7.25. The molecular weight excluding hydrogens is 212 g/mol. The molecule has 100 valence electrons. The van der Waals surface area contributed by atoms with Gasteiger partial charge in [0.25, 0.3) is 0 Å². The summed E-state index contributed by atoms with van der Waals surface area (Å²) in [6.45, 7) is 5.79. The molecule has 0 amide bonds. The number of rotatable bonds is 8. The lowest BCUT2D eigenvalue weighted by Gasteiger charge is -2.23. The van der Waals surface area contributed by atoms with Crippen molar-refractivity contribution < 1.29 is 4.74 Å². The van der Waals surface area contributed by atoms with Crippen LogP contribution in [-0.2, 0) is 4.74 Å². The average Bonchev–Trinajstić information content (AvgIpc) is 3.14. The zero-order valence-electron chi connectivity index (χ0n) is 11.3. The molecule has 2 rings (SSSR count). The van der Waals surface area contributed by atoms with E-state index in [2.05, 4.69) is 10.6 Å². The highest BCUT2D eigenvalue weighted by molar-refractivity contribution is 4.94. The lowest BCUT2D eigenvalue weighted by Crippen LogP contribution is -2.31. The van der Waals surface area contributed by atoms with Gasteiger partial charge in [0.05, 0.1) is 0 Å². The molecule has 1 heterocycles. The largest absolute Gasteiger partial charge is 0.385 e. The predicted molar refractivity (Wildman–Crippen MR) is 71.2 cm³/mol. The van der Waals surface area contributed by atoms with Gasteiger partial charge in [0, 0.05) is 20.3 Å². The van der Waals surface area contributed by atoms with Gasteiger partial charge in [0.1, 0.15) is 0 Å². The second kappa shape index (κ2) is 6.72. The van der Waals surface area contributed by atoms with Gasteiger partial charge in [-0.15, -0.1) is 0 Å². The molecule has 1 saturated heterocycles. The van der Waals surface area contributed by atoms with Crippen molar-refractivity contribution in [2.75, 3.05) is 39.9 Å². The molecule has 0 aromatic carbocycles. The van der Waals surface area contributed by atoms with Crippen LogP contribution in [0.5, 0.6) is 0 Å². The molecule has 0 aromatic rings. The van der Waals surface area contributed by atoms with Crippen molar-refractivity contribution in [2.24, 2.45) is 11.3 Å². The molecule has 1 aliphatic carbocycles. The summed E-state index contributed by atoms with van der Waals surface area (Å²) in [6, 6.07) is 0. The first-order chi connectivity index (χ1) is 8.35. The summed E-state index contributed by atoms with van der Waals surface area (Å²) in [5, 5.41) is 7.10. The van der Waals surface area contributed by atoms with Crippen LogP contribution in [0.25, 0.3) is 0 Å². The van der Waals surface area contributed by atoms with Crippen molar-refractivity contribution in [3.63, 3.8) is 0 Å². The van der Waals surface area contributed by atoms with Crippen LogP contribution in [0, 0.1) is 11.3 Å². The summed E-state index contributed by atoms with van der Waals surface area (Å²) < 4.78 is 5.18. The molecule has 0 bridgehead atoms. The molecule has 0 atom stereocenters. The molecule has 2 N–H and O–H groups in total. The smallest absolute Gasteiger partial charge is 0.0468 e. The van der Waals surface area contributed by atoms with Crippen molar-refractivity contribution in [1.82, 2.24) is 10.6 Å². The van der Waals surface area contributed by atoms with Gasteiger partial charge >= 0.3 is 0 Å². The van der Waals surface area contributed by atoms with E-state index < -0.39 is 0 Å². The number of hydrogen-bond donors (Lipinski definition) is 2. The maximum Gasteiger partial charge on any atom is 0.0468 e. The number of hydrogen-bond acceptors (Lipinski definition) is 3. The minimum Gasteiger partial charge on any atom is -0.385 e. The van der Waals surface area contributed by atoms with E-state index >= 15 is 0 Å². The van der Waals surface area contributed by atoms with Crippen molar-refractivity contribution in [3.05, 3.63) is 0 Å². The number of methoxy groups -OCH3 is 1. The Labute approximate surface area is 106 Å². The van der Waals surface area contributed by atoms with Crippen LogP contribution >= 0.6 is 0 Å². The minimum atomic E-state index is 0.601. The first kappa shape index (κ1) is 13.3. The second-order valence-corrected chi connectivity index (χ2v) is 5.90. The summed E-state index contributed by atoms with van der Waals surface area (Å²) in [4.78, 5) is 0. The van der Waals surface area contributed by atoms with E-state index in [1.54, 1.807) is 7.11 Å². The Balaban J connectivity index is 1.50. The van der Waals surface area contributed by atoms with Gasteiger partial charge in [-0.05, 0) is 69.5 Å². The molecule has 0 aromatic heterocycles. The highest BCUT2D eigenvalue weighted by atomic mass is 16.5. The topological polar surface area (TPSA) is 33.3 Å². The molecule has 1 aliphatic heterocycles. The van der Waals surface area contributed by atoms with Gasteiger partial charge in [0.15, 0.2) is 0 Å².